The average Bonchev–Trinajstić information content (AvgIpc) is 1.49. The molecule has 0 aliphatic heterocycles. The van der Waals surface area contributed by atoms with Gasteiger partial charge in [0.25, 0.3) is 0 Å². The number of aryl methyl sites for hydroxylation is 1. The van der Waals surface area contributed by atoms with Crippen LogP contribution >= 0.6 is 0 Å². The van der Waals surface area contributed by atoms with Crippen LogP contribution in [0.4, 0.5) is 0 Å². The topological polar surface area (TPSA) is 55.4 Å². The second-order valence-electron chi connectivity index (χ2n) is 27.2. The maximum atomic E-state index is 5.95. The lowest BCUT2D eigenvalue weighted by molar-refractivity contribution is 0.918. The smallest absolute Gasteiger partial charge is 0.238 e. The van der Waals surface area contributed by atoms with E-state index in [1.54, 1.807) is 0 Å². The molecule has 1 aliphatic rings. The molecule has 22 rings (SSSR count). The number of nitrogens with zero attached hydrogens (tertiary/aromatic N) is 8. The van der Waals surface area contributed by atoms with Gasteiger partial charge in [-0.05, 0) is 179 Å². The molecule has 0 atom stereocenters. The molecule has 476 valence electrons. The van der Waals surface area contributed by atoms with E-state index in [2.05, 4.69) is 367 Å². The maximum Gasteiger partial charge on any atom is 0.238 e. The number of aromatic nitrogens is 8. The molecule has 0 fully saturated rings. The third kappa shape index (κ3) is 8.38. The lowest BCUT2D eigenvalue weighted by atomic mass is 9.97. The molecule has 0 unspecified atom stereocenters. The molecule has 21 aromatic rings. The van der Waals surface area contributed by atoms with E-state index in [0.29, 0.717) is 5.95 Å². The summed E-state index contributed by atoms with van der Waals surface area (Å²) in [4.78, 5) is 11.9. The summed E-state index contributed by atoms with van der Waals surface area (Å²) >= 11 is 0. The van der Waals surface area contributed by atoms with Gasteiger partial charge < -0.3 is 13.7 Å². The van der Waals surface area contributed by atoms with Crippen LogP contribution < -0.4 is 0 Å². The van der Waals surface area contributed by atoms with Gasteiger partial charge >= 0.3 is 0 Å². The quantitative estimate of drug-likeness (QED) is 0.145. The van der Waals surface area contributed by atoms with Gasteiger partial charge in [-0.2, -0.15) is 9.97 Å². The molecule has 8 nitrogen and oxygen atoms in total. The van der Waals surface area contributed by atoms with Crippen LogP contribution in [0.2, 0.25) is 0 Å². The number of hydrogen-bond acceptors (Lipinski definition) is 2. The van der Waals surface area contributed by atoms with Crippen molar-refractivity contribution in [1.29, 1.82) is 0 Å². The Morgan fingerprint density at radius 3 is 0.951 bits per heavy atom. The Kier molecular flexibility index (Phi) is 12.2. The molecule has 1 aliphatic carbocycles. The summed E-state index contributed by atoms with van der Waals surface area (Å²) in [6.07, 6.45) is 6.64. The maximum absolute atomic E-state index is 5.95. The first-order valence-corrected chi connectivity index (χ1v) is 35.2. The van der Waals surface area contributed by atoms with E-state index >= 15 is 0 Å². The zero-order valence-corrected chi connectivity index (χ0v) is 55.3. The number of para-hydroxylation sites is 8. The van der Waals surface area contributed by atoms with E-state index in [1.165, 1.54) is 65.9 Å². The van der Waals surface area contributed by atoms with Gasteiger partial charge in [-0.25, -0.2) is 0 Å². The summed E-state index contributed by atoms with van der Waals surface area (Å²) < 4.78 is 14.3. The summed E-state index contributed by atoms with van der Waals surface area (Å²) in [5, 5.41) is 12.9. The minimum absolute atomic E-state index is 0.559. The van der Waals surface area contributed by atoms with E-state index in [0.717, 1.165) is 140 Å². The molecular formula is C94H60N8. The summed E-state index contributed by atoms with van der Waals surface area (Å²) in [7, 11) is 0. The number of allylic oxidation sites excluding steroid dienone is 1. The fourth-order valence-corrected chi connectivity index (χ4v) is 17.2. The van der Waals surface area contributed by atoms with Crippen LogP contribution in [0.3, 0.4) is 0 Å². The van der Waals surface area contributed by atoms with Crippen LogP contribution in [0.1, 0.15) is 17.7 Å². The van der Waals surface area contributed by atoms with Gasteiger partial charge in [0.15, 0.2) is 0 Å². The molecule has 7 aromatic heterocycles. The molecular weight excluding hydrogens is 1240 g/mol. The summed E-state index contributed by atoms with van der Waals surface area (Å²) in [5.41, 5.74) is 25.0. The van der Waals surface area contributed by atoms with E-state index in [1.807, 2.05) is 0 Å². The number of rotatable bonds is 9. The predicted octanol–water partition coefficient (Wildman–Crippen LogP) is 23.9. The lowest BCUT2D eigenvalue weighted by Gasteiger charge is -2.16. The van der Waals surface area contributed by atoms with Gasteiger partial charge in [0.05, 0.1) is 60.7 Å². The molecule has 102 heavy (non-hydrogen) atoms. The fourth-order valence-electron chi connectivity index (χ4n) is 17.2. The van der Waals surface area contributed by atoms with Crippen LogP contribution in [-0.4, -0.2) is 37.4 Å². The molecule has 0 saturated carbocycles. The average molecular weight is 1300 g/mol. The van der Waals surface area contributed by atoms with Crippen LogP contribution in [-0.2, 0) is 6.42 Å². The van der Waals surface area contributed by atoms with E-state index in [9.17, 15) is 0 Å². The van der Waals surface area contributed by atoms with Crippen molar-refractivity contribution < 1.29 is 0 Å². The van der Waals surface area contributed by atoms with Gasteiger partial charge in [-0.1, -0.05) is 206 Å². The third-order valence-electron chi connectivity index (χ3n) is 21.7. The Bertz CT molecular complexity index is 6820. The summed E-state index contributed by atoms with van der Waals surface area (Å²) in [6, 6.07) is 120. The molecule has 0 N–H and O–H groups in total. The van der Waals surface area contributed by atoms with E-state index in [-0.39, 0.29) is 0 Å². The van der Waals surface area contributed by atoms with Crippen molar-refractivity contribution in [3.05, 3.63) is 345 Å². The Morgan fingerprint density at radius 1 is 0.216 bits per heavy atom. The molecule has 0 radical (unpaired) electrons. The van der Waals surface area contributed by atoms with Crippen molar-refractivity contribution in [3.8, 4) is 68.0 Å². The second-order valence-corrected chi connectivity index (χ2v) is 27.2. The first-order valence-electron chi connectivity index (χ1n) is 35.2. The van der Waals surface area contributed by atoms with Crippen LogP contribution in [0, 0.1) is 0 Å². The van der Waals surface area contributed by atoms with E-state index < -0.39 is 0 Å². The van der Waals surface area contributed by atoms with Crippen molar-refractivity contribution in [2.24, 2.45) is 0 Å². The van der Waals surface area contributed by atoms with E-state index in [4.69, 9.17) is 9.97 Å². The van der Waals surface area contributed by atoms with Crippen molar-refractivity contribution in [1.82, 2.24) is 37.4 Å². The van der Waals surface area contributed by atoms with Crippen LogP contribution in [0.25, 0.3) is 194 Å². The van der Waals surface area contributed by atoms with Gasteiger partial charge in [0.2, 0.25) is 5.95 Å². The minimum Gasteiger partial charge on any atom is -0.310 e. The zero-order valence-electron chi connectivity index (χ0n) is 55.3. The Labute approximate surface area is 585 Å². The highest BCUT2D eigenvalue weighted by Crippen LogP contribution is 2.44. The van der Waals surface area contributed by atoms with Crippen LogP contribution in [0.15, 0.2) is 334 Å². The van der Waals surface area contributed by atoms with Crippen LogP contribution in [0.5, 0.6) is 0 Å². The molecule has 7 heterocycles. The first kappa shape index (κ1) is 56.5. The van der Waals surface area contributed by atoms with Crippen molar-refractivity contribution in [2.45, 2.75) is 12.8 Å². The predicted molar refractivity (Wildman–Crippen MR) is 424 cm³/mol. The third-order valence-corrected chi connectivity index (χ3v) is 21.7. The second kappa shape index (κ2) is 22.0. The molecule has 0 spiro atoms. The molecule has 0 bridgehead atoms. The number of hydrogen-bond donors (Lipinski definition) is 0. The lowest BCUT2D eigenvalue weighted by Crippen LogP contribution is -2.10. The Hall–Kier alpha value is -13.6. The van der Waals surface area contributed by atoms with Gasteiger partial charge in [0.1, 0.15) is 11.6 Å². The monoisotopic (exact) mass is 1300 g/mol. The van der Waals surface area contributed by atoms with Crippen molar-refractivity contribution in [3.63, 3.8) is 0 Å². The Balaban J connectivity index is 0.785. The van der Waals surface area contributed by atoms with Crippen molar-refractivity contribution in [2.75, 3.05) is 0 Å². The highest BCUT2D eigenvalue weighted by molar-refractivity contribution is 6.16. The molecule has 0 saturated heterocycles. The number of fused-ring (bicyclic) bond motifs is 18. The SMILES string of the molecule is C1=Cc2c(c3cc(-c4ccc5c6ccccc6n(-c6cc(-n7c8ccccc8c8ccc(-c9ccc%10c(c9)c9ccccc9n%10-c9ccccc9)cc87)nc(-n7c8ccccc8c8ccc(-c9ccc%10c(c9)c9ccccc9n%10-c9ccccc9)cc87)n6)c5c4)ccc3n2-c2ccccc2)CC1. The van der Waals surface area contributed by atoms with Gasteiger partial charge in [-0.15, -0.1) is 0 Å². The summed E-state index contributed by atoms with van der Waals surface area (Å²) in [5.74, 6) is 2.06. The highest BCUT2D eigenvalue weighted by Gasteiger charge is 2.26. The van der Waals surface area contributed by atoms with Gasteiger partial charge in [-0.3, -0.25) is 13.7 Å². The Morgan fingerprint density at radius 2 is 0.520 bits per heavy atom. The zero-order chi connectivity index (χ0) is 66.7. The standard InChI is InChI=1S/C94H60N8/c1-4-22-65(23-5-1)97-80-34-16-13-31-71(80)77-52-59(43-49-86(77)97)62-40-46-74-68-28-10-19-37-83(68)100(89(74)55-62)92-58-93(101-84-38-20-11-29-69(84)75-47-41-63(56-90(75)101)60-44-50-87-78(53-60)72-32-14-17-35-81(72)98(87)66-24-6-2-7-25-66)96-94(95-92)102-85-39-21-12-30-70(85)76-48-42-64(57-91(76)102)61-45-51-88-79(54-61)73-33-15-18-36-82(73)99(88)67-26-8-3-9-27-67/h1-13,15-31,33-58H,14,32H2. The first-order chi connectivity index (χ1) is 50.6. The molecule has 8 heteroatoms. The fraction of sp³-hybridized carbons (Fsp3) is 0.0213. The summed E-state index contributed by atoms with van der Waals surface area (Å²) in [6.45, 7) is 0. The van der Waals surface area contributed by atoms with Crippen molar-refractivity contribution >= 4 is 126 Å². The molecule has 14 aromatic carbocycles. The number of benzene rings is 14. The largest absolute Gasteiger partial charge is 0.310 e. The minimum atomic E-state index is 0.559. The highest BCUT2D eigenvalue weighted by atomic mass is 15.2. The molecule has 0 amide bonds. The van der Waals surface area contributed by atoms with Gasteiger partial charge in [0, 0.05) is 88.1 Å². The normalized spacial score (nSPS) is 12.6.